The molecule has 0 aliphatic heterocycles. The van der Waals surface area contributed by atoms with Crippen LogP contribution in [0.25, 0.3) is 43.1 Å². The molecule has 7 rings (SSSR count). The largest absolute Gasteiger partial charge is 0.333 e. The number of para-hydroxylation sites is 2. The highest BCUT2D eigenvalue weighted by Crippen LogP contribution is 2.41. The zero-order valence-electron chi connectivity index (χ0n) is 16.3. The number of benzene rings is 4. The predicted octanol–water partition coefficient (Wildman–Crippen LogP) is 7.02. The monoisotopic (exact) mass is 402 g/mol. The van der Waals surface area contributed by atoms with E-state index in [1.54, 1.807) is 11.3 Å². The van der Waals surface area contributed by atoms with Crippen molar-refractivity contribution >= 4 is 43.4 Å². The molecule has 2 nitrogen and oxygen atoms in total. The van der Waals surface area contributed by atoms with Crippen LogP contribution in [-0.2, 0) is 13.0 Å². The van der Waals surface area contributed by atoms with Crippen LogP contribution in [0.5, 0.6) is 0 Å². The Labute approximate surface area is 178 Å². The summed E-state index contributed by atoms with van der Waals surface area (Å²) in [6.07, 6.45) is 1.03. The summed E-state index contributed by atoms with van der Waals surface area (Å²) in [7, 11) is 0. The molecule has 0 N–H and O–H groups in total. The Bertz CT molecular complexity index is 1570. The predicted molar refractivity (Wildman–Crippen MR) is 126 cm³/mol. The van der Waals surface area contributed by atoms with Gasteiger partial charge in [-0.1, -0.05) is 54.6 Å². The minimum atomic E-state index is 0.795. The summed E-state index contributed by atoms with van der Waals surface area (Å²) in [5.74, 6) is 0. The number of hydrogen-bond donors (Lipinski definition) is 0. The molecule has 1 aliphatic carbocycles. The van der Waals surface area contributed by atoms with Gasteiger partial charge in [0.05, 0.1) is 22.3 Å². The first-order chi connectivity index (χ1) is 14.8. The fourth-order valence-electron chi connectivity index (χ4n) is 4.97. The van der Waals surface area contributed by atoms with Gasteiger partial charge in [0.2, 0.25) is 0 Å². The highest BCUT2D eigenvalue weighted by molar-refractivity contribution is 7.18. The maximum Gasteiger partial charge on any atom is 0.114 e. The molecule has 4 aromatic carbocycles. The van der Waals surface area contributed by atoms with Gasteiger partial charge >= 0.3 is 0 Å². The molecule has 0 unspecified atom stereocenters. The number of fused-ring (bicyclic) bond motifs is 7. The van der Waals surface area contributed by atoms with Crippen molar-refractivity contribution in [3.05, 3.63) is 101 Å². The van der Waals surface area contributed by atoms with Gasteiger partial charge in [-0.25, -0.2) is 4.98 Å². The van der Waals surface area contributed by atoms with Crippen molar-refractivity contribution in [2.45, 2.75) is 13.0 Å². The number of hydrogen-bond acceptors (Lipinski definition) is 2. The van der Waals surface area contributed by atoms with Crippen LogP contribution in [0.3, 0.4) is 0 Å². The van der Waals surface area contributed by atoms with Crippen LogP contribution < -0.4 is 0 Å². The lowest BCUT2D eigenvalue weighted by molar-refractivity contribution is 0.861. The lowest BCUT2D eigenvalue weighted by Gasteiger charge is -2.07. The summed E-state index contributed by atoms with van der Waals surface area (Å²) in [5.41, 5.74) is 9.30. The van der Waals surface area contributed by atoms with Crippen molar-refractivity contribution in [2.75, 3.05) is 0 Å². The SMILES string of the molecule is c1ccc2c(c1)Cc1cc3c4ccccc4n(Cc4nc5ccccc5s4)c3cc1-2. The van der Waals surface area contributed by atoms with E-state index in [-0.39, 0.29) is 0 Å². The Morgan fingerprint density at radius 3 is 2.53 bits per heavy atom. The molecule has 0 saturated carbocycles. The maximum atomic E-state index is 4.91. The molecule has 2 heterocycles. The van der Waals surface area contributed by atoms with Gasteiger partial charge in [0, 0.05) is 16.3 Å². The third kappa shape index (κ3) is 2.27. The van der Waals surface area contributed by atoms with Crippen LogP contribution in [0.2, 0.25) is 0 Å². The highest BCUT2D eigenvalue weighted by atomic mass is 32.1. The standard InChI is InChI=1S/C27H18N2S/c1-2-8-19-17(7-1)13-18-14-22-20-9-3-5-11-24(20)29(25(22)15-21(18)19)16-27-28-23-10-4-6-12-26(23)30-27/h1-12,14-15H,13,16H2. The molecular weight excluding hydrogens is 384 g/mol. The van der Waals surface area contributed by atoms with E-state index >= 15 is 0 Å². The first-order valence-corrected chi connectivity index (χ1v) is 11.1. The average molecular weight is 403 g/mol. The van der Waals surface area contributed by atoms with Crippen molar-refractivity contribution < 1.29 is 0 Å². The van der Waals surface area contributed by atoms with Crippen LogP contribution in [0.15, 0.2) is 84.9 Å². The third-order valence-corrected chi connectivity index (χ3v) is 7.34. The van der Waals surface area contributed by atoms with Crippen molar-refractivity contribution in [2.24, 2.45) is 0 Å². The Balaban J connectivity index is 1.49. The fraction of sp³-hybridized carbons (Fsp3) is 0.0741. The van der Waals surface area contributed by atoms with Gasteiger partial charge in [0.1, 0.15) is 5.01 Å². The van der Waals surface area contributed by atoms with Crippen LogP contribution in [0.4, 0.5) is 0 Å². The average Bonchev–Trinajstić information content (AvgIpc) is 3.45. The molecule has 0 atom stereocenters. The number of thiazole rings is 1. The second-order valence-electron chi connectivity index (χ2n) is 8.04. The van der Waals surface area contributed by atoms with Gasteiger partial charge in [-0.3, -0.25) is 0 Å². The second kappa shape index (κ2) is 6.04. The minimum Gasteiger partial charge on any atom is -0.333 e. The van der Waals surface area contributed by atoms with Crippen molar-refractivity contribution in [1.29, 1.82) is 0 Å². The summed E-state index contributed by atoms with van der Waals surface area (Å²) in [6.45, 7) is 0.795. The normalized spacial score (nSPS) is 12.7. The minimum absolute atomic E-state index is 0.795. The molecule has 30 heavy (non-hydrogen) atoms. The van der Waals surface area contributed by atoms with E-state index in [1.165, 1.54) is 48.8 Å². The van der Waals surface area contributed by atoms with E-state index in [2.05, 4.69) is 89.5 Å². The fourth-order valence-corrected chi connectivity index (χ4v) is 5.93. The number of nitrogens with zero attached hydrogens (tertiary/aromatic N) is 2. The van der Waals surface area contributed by atoms with Crippen molar-refractivity contribution in [3.63, 3.8) is 0 Å². The van der Waals surface area contributed by atoms with Crippen LogP contribution in [0, 0.1) is 0 Å². The molecule has 2 aromatic heterocycles. The molecule has 0 saturated heterocycles. The van der Waals surface area contributed by atoms with E-state index in [0.29, 0.717) is 0 Å². The smallest absolute Gasteiger partial charge is 0.114 e. The summed E-state index contributed by atoms with van der Waals surface area (Å²) < 4.78 is 3.70. The van der Waals surface area contributed by atoms with Gasteiger partial charge in [-0.2, -0.15) is 0 Å². The molecule has 142 valence electrons. The van der Waals surface area contributed by atoms with E-state index in [1.807, 2.05) is 0 Å². The molecule has 0 amide bonds. The van der Waals surface area contributed by atoms with E-state index < -0.39 is 0 Å². The topological polar surface area (TPSA) is 17.8 Å². The van der Waals surface area contributed by atoms with Crippen LogP contribution >= 0.6 is 11.3 Å². The summed E-state index contributed by atoms with van der Waals surface area (Å²) >= 11 is 1.79. The maximum absolute atomic E-state index is 4.91. The van der Waals surface area contributed by atoms with Gasteiger partial charge in [-0.15, -0.1) is 11.3 Å². The molecule has 0 bridgehead atoms. The van der Waals surface area contributed by atoms with Gasteiger partial charge in [-0.05, 0) is 59.0 Å². The molecule has 0 fully saturated rings. The van der Waals surface area contributed by atoms with E-state index in [4.69, 9.17) is 4.98 Å². The zero-order valence-corrected chi connectivity index (χ0v) is 17.1. The molecule has 0 radical (unpaired) electrons. The summed E-state index contributed by atoms with van der Waals surface area (Å²) in [6, 6.07) is 30.8. The van der Waals surface area contributed by atoms with Crippen molar-refractivity contribution in [3.8, 4) is 11.1 Å². The highest BCUT2D eigenvalue weighted by Gasteiger charge is 2.21. The number of aromatic nitrogens is 2. The van der Waals surface area contributed by atoms with E-state index in [0.717, 1.165) is 23.5 Å². The van der Waals surface area contributed by atoms with Crippen molar-refractivity contribution in [1.82, 2.24) is 9.55 Å². The van der Waals surface area contributed by atoms with Crippen LogP contribution in [0.1, 0.15) is 16.1 Å². The summed E-state index contributed by atoms with van der Waals surface area (Å²) in [5, 5.41) is 3.82. The molecule has 6 aromatic rings. The first kappa shape index (κ1) is 16.4. The lowest BCUT2D eigenvalue weighted by atomic mass is 10.0. The Morgan fingerprint density at radius 1 is 0.733 bits per heavy atom. The quantitative estimate of drug-likeness (QED) is 0.304. The van der Waals surface area contributed by atoms with Gasteiger partial charge in [0.25, 0.3) is 0 Å². The van der Waals surface area contributed by atoms with Gasteiger partial charge < -0.3 is 4.57 Å². The molecule has 3 heteroatoms. The van der Waals surface area contributed by atoms with Crippen LogP contribution in [-0.4, -0.2) is 9.55 Å². The van der Waals surface area contributed by atoms with Gasteiger partial charge in [0.15, 0.2) is 0 Å². The second-order valence-corrected chi connectivity index (χ2v) is 9.15. The molecule has 1 aliphatic rings. The number of rotatable bonds is 2. The van der Waals surface area contributed by atoms with E-state index in [9.17, 15) is 0 Å². The summed E-state index contributed by atoms with van der Waals surface area (Å²) in [4.78, 5) is 4.91. The Hall–Kier alpha value is -3.43. The Morgan fingerprint density at radius 2 is 1.57 bits per heavy atom. The zero-order chi connectivity index (χ0) is 19.7. The lowest BCUT2D eigenvalue weighted by Crippen LogP contribution is -1.99. The first-order valence-electron chi connectivity index (χ1n) is 10.3. The molecule has 0 spiro atoms. The Kier molecular flexibility index (Phi) is 3.29. The molecular formula is C27H18N2S. The third-order valence-electron chi connectivity index (χ3n) is 6.32.